The molecule has 23 heavy (non-hydrogen) atoms. The molecule has 1 aliphatic heterocycles. The van der Waals surface area contributed by atoms with Gasteiger partial charge in [-0.3, -0.25) is 4.90 Å². The molecule has 1 N–H and O–H groups in total. The van der Waals surface area contributed by atoms with Crippen molar-refractivity contribution in [1.82, 2.24) is 4.90 Å². The van der Waals surface area contributed by atoms with Gasteiger partial charge in [0.1, 0.15) is 5.75 Å². The number of rotatable bonds is 5. The lowest BCUT2D eigenvalue weighted by Gasteiger charge is -2.27. The number of aliphatic hydroxyl groups is 1. The summed E-state index contributed by atoms with van der Waals surface area (Å²) in [6.07, 6.45) is 1.69. The van der Waals surface area contributed by atoms with Gasteiger partial charge in [-0.1, -0.05) is 41.9 Å². The van der Waals surface area contributed by atoms with Crippen molar-refractivity contribution in [3.8, 4) is 5.75 Å². The third-order valence-electron chi connectivity index (χ3n) is 4.54. The predicted octanol–water partition coefficient (Wildman–Crippen LogP) is 4.22. The summed E-state index contributed by atoms with van der Waals surface area (Å²) in [5, 5.41) is 11.2. The Kier molecular flexibility index (Phi) is 5.21. The molecule has 2 aromatic carbocycles. The summed E-state index contributed by atoms with van der Waals surface area (Å²) in [6, 6.07) is 16.1. The molecule has 0 amide bonds. The van der Waals surface area contributed by atoms with Crippen LogP contribution in [0.1, 0.15) is 36.1 Å². The number of aliphatic hydroxyl groups excluding tert-OH is 1. The van der Waals surface area contributed by atoms with E-state index in [9.17, 15) is 5.11 Å². The standard InChI is InChI=1S/C19H22ClNO2/c1-23-15-10-8-14(9-11-15)18-7-4-12-21(18)13-19(22)16-5-2-3-6-17(16)20/h2-3,5-6,8-11,18-19,22H,4,7,12-13H2,1H3/t18-,19+/m1/s1. The molecule has 0 bridgehead atoms. The molecule has 122 valence electrons. The van der Waals surface area contributed by atoms with Gasteiger partial charge in [0, 0.05) is 23.2 Å². The number of benzene rings is 2. The summed E-state index contributed by atoms with van der Waals surface area (Å²) in [5.41, 5.74) is 2.07. The zero-order valence-electron chi connectivity index (χ0n) is 13.3. The zero-order valence-corrected chi connectivity index (χ0v) is 14.0. The highest BCUT2D eigenvalue weighted by molar-refractivity contribution is 6.31. The van der Waals surface area contributed by atoms with E-state index >= 15 is 0 Å². The quantitative estimate of drug-likeness (QED) is 0.890. The second-order valence-corrected chi connectivity index (χ2v) is 6.37. The molecule has 0 spiro atoms. The summed E-state index contributed by atoms with van der Waals surface area (Å²) in [6.45, 7) is 1.60. The third-order valence-corrected chi connectivity index (χ3v) is 4.88. The van der Waals surface area contributed by atoms with Gasteiger partial charge in [0.05, 0.1) is 13.2 Å². The van der Waals surface area contributed by atoms with Crippen molar-refractivity contribution in [1.29, 1.82) is 0 Å². The van der Waals surface area contributed by atoms with Gasteiger partial charge in [0.15, 0.2) is 0 Å². The Labute approximate surface area is 142 Å². The van der Waals surface area contributed by atoms with E-state index in [0.29, 0.717) is 17.6 Å². The highest BCUT2D eigenvalue weighted by Crippen LogP contribution is 2.34. The maximum atomic E-state index is 10.6. The van der Waals surface area contributed by atoms with Crippen LogP contribution in [-0.4, -0.2) is 30.2 Å². The monoisotopic (exact) mass is 331 g/mol. The smallest absolute Gasteiger partial charge is 0.118 e. The lowest BCUT2D eigenvalue weighted by molar-refractivity contribution is 0.106. The van der Waals surface area contributed by atoms with E-state index < -0.39 is 6.10 Å². The number of likely N-dealkylation sites (tertiary alicyclic amines) is 1. The Morgan fingerprint density at radius 1 is 1.22 bits per heavy atom. The van der Waals surface area contributed by atoms with Gasteiger partial charge in [-0.25, -0.2) is 0 Å². The fourth-order valence-corrected chi connectivity index (χ4v) is 3.58. The lowest BCUT2D eigenvalue weighted by Crippen LogP contribution is -2.28. The Balaban J connectivity index is 1.72. The van der Waals surface area contributed by atoms with Crippen molar-refractivity contribution in [3.63, 3.8) is 0 Å². The van der Waals surface area contributed by atoms with Crippen LogP contribution in [-0.2, 0) is 0 Å². The number of nitrogens with zero attached hydrogens (tertiary/aromatic N) is 1. The van der Waals surface area contributed by atoms with Gasteiger partial charge in [-0.05, 0) is 43.1 Å². The first-order valence-electron chi connectivity index (χ1n) is 7.99. The fourth-order valence-electron chi connectivity index (χ4n) is 3.31. The molecule has 4 heteroatoms. The van der Waals surface area contributed by atoms with Crippen LogP contribution in [0.2, 0.25) is 5.02 Å². The molecule has 0 aromatic heterocycles. The minimum Gasteiger partial charge on any atom is -0.497 e. The third kappa shape index (κ3) is 3.69. The molecular formula is C19H22ClNO2. The molecule has 1 heterocycles. The Morgan fingerprint density at radius 3 is 2.65 bits per heavy atom. The lowest BCUT2D eigenvalue weighted by atomic mass is 10.0. The van der Waals surface area contributed by atoms with E-state index in [-0.39, 0.29) is 0 Å². The average molecular weight is 332 g/mol. The molecule has 3 rings (SSSR count). The largest absolute Gasteiger partial charge is 0.497 e. The number of β-amino-alcohol motifs (C(OH)–C–C–N with tert-alkyl or cyclic N) is 1. The molecule has 1 aliphatic rings. The number of ether oxygens (including phenoxy) is 1. The van der Waals surface area contributed by atoms with Gasteiger partial charge in [-0.2, -0.15) is 0 Å². The maximum Gasteiger partial charge on any atom is 0.118 e. The van der Waals surface area contributed by atoms with E-state index in [2.05, 4.69) is 17.0 Å². The van der Waals surface area contributed by atoms with E-state index in [1.54, 1.807) is 7.11 Å². The molecule has 0 aliphatic carbocycles. The topological polar surface area (TPSA) is 32.7 Å². The Hall–Kier alpha value is -1.55. The number of methoxy groups -OCH3 is 1. The van der Waals surface area contributed by atoms with Crippen LogP contribution in [0.3, 0.4) is 0 Å². The van der Waals surface area contributed by atoms with Crippen LogP contribution in [0, 0.1) is 0 Å². The van der Waals surface area contributed by atoms with Crippen LogP contribution in [0.5, 0.6) is 5.75 Å². The first-order valence-corrected chi connectivity index (χ1v) is 8.37. The van der Waals surface area contributed by atoms with Crippen LogP contribution in [0.15, 0.2) is 48.5 Å². The first kappa shape index (κ1) is 16.3. The van der Waals surface area contributed by atoms with Crippen LogP contribution < -0.4 is 4.74 Å². The molecule has 1 saturated heterocycles. The maximum absolute atomic E-state index is 10.6. The van der Waals surface area contributed by atoms with E-state index in [4.69, 9.17) is 16.3 Å². The predicted molar refractivity (Wildman–Crippen MR) is 93.0 cm³/mol. The number of halogens is 1. The first-order chi connectivity index (χ1) is 11.2. The highest BCUT2D eigenvalue weighted by atomic mass is 35.5. The van der Waals surface area contributed by atoms with E-state index in [1.807, 2.05) is 36.4 Å². The molecule has 0 radical (unpaired) electrons. The van der Waals surface area contributed by atoms with Gasteiger partial charge in [0.2, 0.25) is 0 Å². The van der Waals surface area contributed by atoms with Gasteiger partial charge < -0.3 is 9.84 Å². The molecule has 2 atom stereocenters. The van der Waals surface area contributed by atoms with Gasteiger partial charge in [0.25, 0.3) is 0 Å². The van der Waals surface area contributed by atoms with Crippen molar-refractivity contribution in [3.05, 3.63) is 64.7 Å². The molecular weight excluding hydrogens is 310 g/mol. The number of hydrogen-bond donors (Lipinski definition) is 1. The summed E-state index contributed by atoms with van der Waals surface area (Å²) in [4.78, 5) is 2.34. The SMILES string of the molecule is COc1ccc([C@H]2CCCN2C[C@H](O)c2ccccc2Cl)cc1. The van der Waals surface area contributed by atoms with Crippen molar-refractivity contribution >= 4 is 11.6 Å². The van der Waals surface area contributed by atoms with E-state index in [0.717, 1.165) is 30.7 Å². The fraction of sp³-hybridized carbons (Fsp3) is 0.368. The summed E-state index contributed by atoms with van der Waals surface area (Å²) in [5.74, 6) is 0.870. The molecule has 2 aromatic rings. The van der Waals surface area contributed by atoms with E-state index in [1.165, 1.54) is 5.56 Å². The molecule has 0 saturated carbocycles. The average Bonchev–Trinajstić information content (AvgIpc) is 3.03. The summed E-state index contributed by atoms with van der Waals surface area (Å²) < 4.78 is 5.23. The second kappa shape index (κ2) is 7.35. The summed E-state index contributed by atoms with van der Waals surface area (Å²) in [7, 11) is 1.68. The minimum absolute atomic E-state index is 0.345. The van der Waals surface area contributed by atoms with Crippen molar-refractivity contribution < 1.29 is 9.84 Å². The van der Waals surface area contributed by atoms with Crippen LogP contribution in [0.4, 0.5) is 0 Å². The van der Waals surface area contributed by atoms with Gasteiger partial charge >= 0.3 is 0 Å². The Bertz CT molecular complexity index is 644. The second-order valence-electron chi connectivity index (χ2n) is 5.96. The molecule has 1 fully saturated rings. The minimum atomic E-state index is -0.567. The zero-order chi connectivity index (χ0) is 16.2. The van der Waals surface area contributed by atoms with Crippen molar-refractivity contribution in [2.75, 3.05) is 20.2 Å². The molecule has 3 nitrogen and oxygen atoms in total. The van der Waals surface area contributed by atoms with Crippen molar-refractivity contribution in [2.45, 2.75) is 25.0 Å². The highest BCUT2D eigenvalue weighted by Gasteiger charge is 2.28. The van der Waals surface area contributed by atoms with Crippen LogP contribution in [0.25, 0.3) is 0 Å². The van der Waals surface area contributed by atoms with Crippen molar-refractivity contribution in [2.24, 2.45) is 0 Å². The summed E-state index contributed by atoms with van der Waals surface area (Å²) >= 11 is 6.20. The van der Waals surface area contributed by atoms with Gasteiger partial charge in [-0.15, -0.1) is 0 Å². The molecule has 0 unspecified atom stereocenters. The Morgan fingerprint density at radius 2 is 1.96 bits per heavy atom. The normalized spacial score (nSPS) is 19.7. The number of hydrogen-bond acceptors (Lipinski definition) is 3. The van der Waals surface area contributed by atoms with Crippen LogP contribution >= 0.6 is 11.6 Å².